The molecule has 1 aromatic rings. The fourth-order valence-corrected chi connectivity index (χ4v) is 3.38. The lowest BCUT2D eigenvalue weighted by Gasteiger charge is -2.34. The number of aliphatic imine (C=N–C) groups is 1. The van der Waals surface area contributed by atoms with E-state index in [-0.39, 0.29) is 29.9 Å². The Hall–Kier alpha value is -1.51. The Morgan fingerprint density at radius 3 is 2.48 bits per heavy atom. The van der Waals surface area contributed by atoms with E-state index in [1.54, 1.807) is 7.05 Å². The topological polar surface area (TPSA) is 60.0 Å². The van der Waals surface area contributed by atoms with Crippen molar-refractivity contribution in [3.63, 3.8) is 0 Å². The van der Waals surface area contributed by atoms with E-state index in [0.29, 0.717) is 12.3 Å². The monoisotopic (exact) mass is 487 g/mol. The zero-order chi connectivity index (χ0) is 19.1. The SMILES string of the molecule is CN=C(NCc1ccc(N(C)C)cc1C)N1CCC(CC(=O)NC)CC1.I. The Kier molecular flexibility index (Phi) is 9.90. The minimum Gasteiger partial charge on any atom is -0.378 e. The smallest absolute Gasteiger partial charge is 0.220 e. The summed E-state index contributed by atoms with van der Waals surface area (Å²) in [5.74, 6) is 1.56. The van der Waals surface area contributed by atoms with Crippen LogP contribution in [0.5, 0.6) is 0 Å². The van der Waals surface area contributed by atoms with Crippen LogP contribution in [0.2, 0.25) is 0 Å². The van der Waals surface area contributed by atoms with Crippen LogP contribution >= 0.6 is 24.0 Å². The number of aryl methyl sites for hydroxylation is 1. The molecule has 1 heterocycles. The maximum atomic E-state index is 11.5. The van der Waals surface area contributed by atoms with Gasteiger partial charge < -0.3 is 20.4 Å². The van der Waals surface area contributed by atoms with E-state index >= 15 is 0 Å². The van der Waals surface area contributed by atoms with Gasteiger partial charge in [-0.3, -0.25) is 9.79 Å². The van der Waals surface area contributed by atoms with Gasteiger partial charge in [-0.15, -0.1) is 24.0 Å². The Morgan fingerprint density at radius 1 is 1.30 bits per heavy atom. The molecule has 0 aromatic heterocycles. The Labute approximate surface area is 180 Å². The van der Waals surface area contributed by atoms with Crippen LogP contribution in [0.25, 0.3) is 0 Å². The van der Waals surface area contributed by atoms with E-state index in [9.17, 15) is 4.79 Å². The van der Waals surface area contributed by atoms with Crippen LogP contribution in [0.15, 0.2) is 23.2 Å². The number of guanidine groups is 1. The number of carbonyl (C=O) groups is 1. The highest BCUT2D eigenvalue weighted by atomic mass is 127. The largest absolute Gasteiger partial charge is 0.378 e. The number of amides is 1. The molecule has 6 nitrogen and oxygen atoms in total. The zero-order valence-corrected chi connectivity index (χ0v) is 19.5. The fourth-order valence-electron chi connectivity index (χ4n) is 3.38. The maximum absolute atomic E-state index is 11.5. The van der Waals surface area contributed by atoms with Gasteiger partial charge in [-0.25, -0.2) is 0 Å². The van der Waals surface area contributed by atoms with Crippen molar-refractivity contribution in [2.45, 2.75) is 32.7 Å². The minimum absolute atomic E-state index is 0. The summed E-state index contributed by atoms with van der Waals surface area (Å²) >= 11 is 0. The van der Waals surface area contributed by atoms with Gasteiger partial charge in [0.15, 0.2) is 5.96 Å². The molecule has 2 N–H and O–H groups in total. The van der Waals surface area contributed by atoms with E-state index in [2.05, 4.69) is 64.6 Å². The van der Waals surface area contributed by atoms with Crippen molar-refractivity contribution >= 4 is 41.5 Å². The standard InChI is InChI=1S/C20H33N5O.HI/c1-15-12-18(24(4)5)7-6-17(15)14-23-20(22-3)25-10-8-16(9-11-25)13-19(26)21-2;/h6-7,12,16H,8-11,13-14H2,1-5H3,(H,21,26)(H,22,23);1H. The Bertz CT molecular complexity index is 639. The van der Waals surface area contributed by atoms with Crippen LogP contribution in [0.4, 0.5) is 5.69 Å². The van der Waals surface area contributed by atoms with Crippen LogP contribution in [0, 0.1) is 12.8 Å². The third-order valence-corrected chi connectivity index (χ3v) is 5.16. The van der Waals surface area contributed by atoms with Crippen molar-refractivity contribution in [2.24, 2.45) is 10.9 Å². The molecule has 2 rings (SSSR count). The van der Waals surface area contributed by atoms with Crippen molar-refractivity contribution in [2.75, 3.05) is 46.2 Å². The Balaban J connectivity index is 0.00000364. The number of halogens is 1. The van der Waals surface area contributed by atoms with Crippen molar-refractivity contribution in [3.05, 3.63) is 29.3 Å². The molecule has 0 atom stereocenters. The van der Waals surface area contributed by atoms with Crippen molar-refractivity contribution in [1.29, 1.82) is 0 Å². The summed E-state index contributed by atoms with van der Waals surface area (Å²) in [6.07, 6.45) is 2.70. The molecule has 0 spiro atoms. The van der Waals surface area contributed by atoms with Gasteiger partial charge >= 0.3 is 0 Å². The summed E-state index contributed by atoms with van der Waals surface area (Å²) in [5, 5.41) is 6.22. The first-order valence-corrected chi connectivity index (χ1v) is 9.37. The number of nitrogens with zero attached hydrogens (tertiary/aromatic N) is 3. The van der Waals surface area contributed by atoms with E-state index in [4.69, 9.17) is 0 Å². The van der Waals surface area contributed by atoms with Crippen molar-refractivity contribution < 1.29 is 4.79 Å². The van der Waals surface area contributed by atoms with Crippen LogP contribution in [-0.2, 0) is 11.3 Å². The van der Waals surface area contributed by atoms with E-state index in [0.717, 1.165) is 38.4 Å². The third-order valence-electron chi connectivity index (χ3n) is 5.16. The normalized spacial score (nSPS) is 15.1. The second-order valence-corrected chi connectivity index (χ2v) is 7.21. The lowest BCUT2D eigenvalue weighted by molar-refractivity contribution is -0.121. The molecular formula is C20H34IN5O. The summed E-state index contributed by atoms with van der Waals surface area (Å²) in [7, 11) is 7.65. The maximum Gasteiger partial charge on any atom is 0.220 e. The summed E-state index contributed by atoms with van der Waals surface area (Å²) < 4.78 is 0. The van der Waals surface area contributed by atoms with Crippen LogP contribution in [-0.4, -0.2) is 58.0 Å². The van der Waals surface area contributed by atoms with E-state index < -0.39 is 0 Å². The number of hydrogen-bond acceptors (Lipinski definition) is 3. The number of carbonyl (C=O) groups excluding carboxylic acids is 1. The van der Waals surface area contributed by atoms with Gasteiger partial charge in [-0.1, -0.05) is 6.07 Å². The van der Waals surface area contributed by atoms with Crippen LogP contribution in [0.3, 0.4) is 0 Å². The molecule has 1 amide bonds. The number of likely N-dealkylation sites (tertiary alicyclic amines) is 1. The zero-order valence-electron chi connectivity index (χ0n) is 17.2. The Morgan fingerprint density at radius 2 is 1.96 bits per heavy atom. The highest BCUT2D eigenvalue weighted by Gasteiger charge is 2.23. The summed E-state index contributed by atoms with van der Waals surface area (Å²) in [5.41, 5.74) is 3.78. The first kappa shape index (κ1) is 23.5. The van der Waals surface area contributed by atoms with Gasteiger partial charge in [0.2, 0.25) is 5.91 Å². The van der Waals surface area contributed by atoms with Gasteiger partial charge in [0, 0.05) is 59.9 Å². The lowest BCUT2D eigenvalue weighted by Crippen LogP contribution is -2.45. The first-order chi connectivity index (χ1) is 12.4. The fraction of sp³-hybridized carbons (Fsp3) is 0.600. The molecule has 27 heavy (non-hydrogen) atoms. The van der Waals surface area contributed by atoms with Gasteiger partial charge in [-0.2, -0.15) is 0 Å². The number of hydrogen-bond donors (Lipinski definition) is 2. The molecule has 1 fully saturated rings. The minimum atomic E-state index is 0. The average Bonchev–Trinajstić information content (AvgIpc) is 2.64. The van der Waals surface area contributed by atoms with Crippen molar-refractivity contribution in [3.8, 4) is 0 Å². The quantitative estimate of drug-likeness (QED) is 0.381. The highest BCUT2D eigenvalue weighted by molar-refractivity contribution is 14.0. The van der Waals surface area contributed by atoms with Crippen LogP contribution in [0.1, 0.15) is 30.4 Å². The lowest BCUT2D eigenvalue weighted by atomic mass is 9.93. The molecule has 7 heteroatoms. The van der Waals surface area contributed by atoms with Gasteiger partial charge in [0.1, 0.15) is 0 Å². The predicted octanol–water partition coefficient (Wildman–Crippen LogP) is 2.60. The molecule has 1 saturated heterocycles. The number of rotatable bonds is 5. The predicted molar refractivity (Wildman–Crippen MR) is 124 cm³/mol. The molecule has 0 radical (unpaired) electrons. The molecule has 1 aliphatic rings. The van der Waals surface area contributed by atoms with E-state index in [1.165, 1.54) is 16.8 Å². The van der Waals surface area contributed by atoms with Gasteiger partial charge in [-0.05, 0) is 48.9 Å². The molecule has 0 unspecified atom stereocenters. The molecule has 1 aliphatic heterocycles. The molecule has 152 valence electrons. The summed E-state index contributed by atoms with van der Waals surface area (Å²) in [4.78, 5) is 20.4. The summed E-state index contributed by atoms with van der Waals surface area (Å²) in [6.45, 7) is 4.81. The van der Waals surface area contributed by atoms with Gasteiger partial charge in [0.25, 0.3) is 0 Å². The third kappa shape index (κ3) is 6.86. The van der Waals surface area contributed by atoms with E-state index in [1.807, 2.05) is 7.05 Å². The molecule has 0 aliphatic carbocycles. The number of nitrogens with one attached hydrogen (secondary N) is 2. The molecule has 0 bridgehead atoms. The number of anilines is 1. The first-order valence-electron chi connectivity index (χ1n) is 9.37. The summed E-state index contributed by atoms with van der Waals surface area (Å²) in [6, 6.07) is 6.54. The second kappa shape index (κ2) is 11.4. The number of benzene rings is 1. The number of piperidine rings is 1. The van der Waals surface area contributed by atoms with Crippen molar-refractivity contribution in [1.82, 2.24) is 15.5 Å². The molecule has 1 aromatic carbocycles. The second-order valence-electron chi connectivity index (χ2n) is 7.21. The highest BCUT2D eigenvalue weighted by Crippen LogP contribution is 2.21. The molecule has 0 saturated carbocycles. The molecular weight excluding hydrogens is 453 g/mol. The van der Waals surface area contributed by atoms with Gasteiger partial charge in [0.05, 0.1) is 0 Å². The van der Waals surface area contributed by atoms with Crippen LogP contribution < -0.4 is 15.5 Å². The average molecular weight is 487 g/mol.